The van der Waals surface area contributed by atoms with Gasteiger partial charge in [0, 0.05) is 29.2 Å². The maximum absolute atomic E-state index is 12.7. The van der Waals surface area contributed by atoms with E-state index in [9.17, 15) is 35.9 Å². The Hall–Kier alpha value is -6.22. The fraction of sp³-hybridized carbons (Fsp3) is 0.200. The third kappa shape index (κ3) is 11.9. The van der Waals surface area contributed by atoms with Crippen LogP contribution in [0.1, 0.15) is 59.5 Å². The van der Waals surface area contributed by atoms with Gasteiger partial charge in [-0.1, -0.05) is 38.1 Å². The molecule has 0 saturated carbocycles. The number of nitrogens with one attached hydrogen (secondary N) is 1. The summed E-state index contributed by atoms with van der Waals surface area (Å²) in [4.78, 5) is 31.4. The highest BCUT2D eigenvalue weighted by Crippen LogP contribution is 2.35. The van der Waals surface area contributed by atoms with Gasteiger partial charge in [-0.05, 0) is 92.7 Å². The molecule has 15 heteroatoms. The van der Waals surface area contributed by atoms with Gasteiger partial charge < -0.3 is 25.6 Å². The van der Waals surface area contributed by atoms with Crippen molar-refractivity contribution < 1.29 is 50.5 Å². The number of hydrogen-bond acceptors (Lipinski definition) is 7. The van der Waals surface area contributed by atoms with Crippen molar-refractivity contribution in [2.75, 3.05) is 0 Å². The molecule has 0 aliphatic heterocycles. The molecule has 0 spiro atoms. The summed E-state index contributed by atoms with van der Waals surface area (Å²) in [7, 11) is 0. The minimum absolute atomic E-state index is 0.00235. The van der Waals surface area contributed by atoms with E-state index in [1.807, 2.05) is 27.7 Å². The maximum Gasteiger partial charge on any atom is 0.416 e. The molecule has 0 fully saturated rings. The minimum atomic E-state index is -4.41. The molecule has 0 unspecified atom stereocenters. The molecule has 4 aromatic carbocycles. The molecule has 1 amide bonds. The van der Waals surface area contributed by atoms with E-state index in [1.165, 1.54) is 42.7 Å². The number of aromatic nitrogens is 2. The number of ether oxygens (including phenoxy) is 2. The lowest BCUT2D eigenvalue weighted by molar-refractivity contribution is -0.138. The van der Waals surface area contributed by atoms with Crippen molar-refractivity contribution in [3.05, 3.63) is 132 Å². The van der Waals surface area contributed by atoms with E-state index in [2.05, 4.69) is 15.3 Å². The van der Waals surface area contributed by atoms with Gasteiger partial charge in [0.1, 0.15) is 22.5 Å². The summed E-state index contributed by atoms with van der Waals surface area (Å²) in [5.41, 5.74) is 4.99. The predicted octanol–water partition coefficient (Wildman–Crippen LogP) is 10.3. The molecule has 2 heterocycles. The van der Waals surface area contributed by atoms with Gasteiger partial charge in [-0.3, -0.25) is 14.8 Å². The zero-order chi connectivity index (χ0) is 40.5. The smallest absolute Gasteiger partial charge is 0.416 e. The number of carboxylic acids is 1. The molecule has 288 valence electrons. The predicted molar refractivity (Wildman–Crippen MR) is 195 cm³/mol. The first-order valence-corrected chi connectivity index (χ1v) is 16.6. The molecule has 0 aliphatic carbocycles. The molecule has 2 aromatic heterocycles. The van der Waals surface area contributed by atoms with E-state index >= 15 is 0 Å². The molecule has 0 radical (unpaired) electrons. The molecule has 6 rings (SSSR count). The lowest BCUT2D eigenvalue weighted by Gasteiger charge is -2.12. The number of nitrogens with zero attached hydrogens (tertiary/aromatic N) is 2. The number of aromatic carboxylic acids is 1. The van der Waals surface area contributed by atoms with Crippen LogP contribution >= 0.6 is 0 Å². The Labute approximate surface area is 311 Å². The third-order valence-corrected chi connectivity index (χ3v) is 7.10. The zero-order valence-corrected chi connectivity index (χ0v) is 29.9. The first-order chi connectivity index (χ1) is 25.8. The van der Waals surface area contributed by atoms with E-state index in [0.717, 1.165) is 24.3 Å². The normalized spacial score (nSPS) is 11.4. The van der Waals surface area contributed by atoms with E-state index in [1.54, 1.807) is 42.5 Å². The number of benzene rings is 4. The number of para-hydroxylation sites is 2. The molecular formula is C40H36F6N4O5. The van der Waals surface area contributed by atoms with E-state index < -0.39 is 29.4 Å². The molecule has 9 nitrogen and oxygen atoms in total. The number of nitrogens with two attached hydrogens (primary N) is 1. The Morgan fingerprint density at radius 1 is 0.655 bits per heavy atom. The lowest BCUT2D eigenvalue weighted by atomic mass is 10.1. The Morgan fingerprint density at radius 3 is 1.40 bits per heavy atom. The van der Waals surface area contributed by atoms with Crippen LogP contribution in [-0.4, -0.2) is 39.0 Å². The number of carbonyl (C=O) groups excluding carboxylic acids is 1. The van der Waals surface area contributed by atoms with Crippen molar-refractivity contribution in [1.29, 1.82) is 0 Å². The molecule has 0 atom stereocenters. The first kappa shape index (κ1) is 41.5. The number of hydrogen-bond donors (Lipinski definition) is 3. The number of fused-ring (bicyclic) bond motifs is 2. The van der Waals surface area contributed by atoms with Crippen LogP contribution in [0.15, 0.2) is 109 Å². The lowest BCUT2D eigenvalue weighted by Crippen LogP contribution is -2.30. The number of alkyl halides is 6. The summed E-state index contributed by atoms with van der Waals surface area (Å²) in [5, 5.41) is 13.0. The number of carbonyl (C=O) groups is 2. The van der Waals surface area contributed by atoms with Crippen molar-refractivity contribution in [2.24, 2.45) is 5.73 Å². The second kappa shape index (κ2) is 17.7. The van der Waals surface area contributed by atoms with Crippen molar-refractivity contribution in [2.45, 2.75) is 52.1 Å². The van der Waals surface area contributed by atoms with Gasteiger partial charge in [0.25, 0.3) is 5.91 Å². The average molecular weight is 767 g/mol. The van der Waals surface area contributed by atoms with Crippen molar-refractivity contribution in [3.8, 4) is 23.0 Å². The third-order valence-electron chi connectivity index (χ3n) is 7.10. The molecule has 0 bridgehead atoms. The van der Waals surface area contributed by atoms with Gasteiger partial charge >= 0.3 is 18.3 Å². The van der Waals surface area contributed by atoms with Gasteiger partial charge in [-0.25, -0.2) is 4.79 Å². The quantitative estimate of drug-likeness (QED) is 0.137. The summed E-state index contributed by atoms with van der Waals surface area (Å²) in [6.07, 6.45) is -6.16. The topological polar surface area (TPSA) is 137 Å². The van der Waals surface area contributed by atoms with Crippen molar-refractivity contribution >= 4 is 33.7 Å². The summed E-state index contributed by atoms with van der Waals surface area (Å²) in [6.45, 7) is 7.62. The summed E-state index contributed by atoms with van der Waals surface area (Å²) >= 11 is 0. The Morgan fingerprint density at radius 2 is 1.04 bits per heavy atom. The van der Waals surface area contributed by atoms with Crippen LogP contribution in [0.3, 0.4) is 0 Å². The zero-order valence-electron chi connectivity index (χ0n) is 29.9. The van der Waals surface area contributed by atoms with Crippen LogP contribution in [0.4, 0.5) is 26.3 Å². The molecule has 0 saturated heterocycles. The van der Waals surface area contributed by atoms with Gasteiger partial charge in [-0.15, -0.1) is 0 Å². The van der Waals surface area contributed by atoms with Gasteiger partial charge in [0.15, 0.2) is 11.5 Å². The van der Waals surface area contributed by atoms with Crippen LogP contribution in [0.25, 0.3) is 21.8 Å². The van der Waals surface area contributed by atoms with Crippen molar-refractivity contribution in [3.63, 3.8) is 0 Å². The van der Waals surface area contributed by atoms with Crippen LogP contribution in [0.5, 0.6) is 23.0 Å². The van der Waals surface area contributed by atoms with E-state index in [0.29, 0.717) is 44.9 Å². The second-order valence-electron chi connectivity index (χ2n) is 12.5. The largest absolute Gasteiger partial charge is 0.478 e. The minimum Gasteiger partial charge on any atom is -0.478 e. The number of halogens is 6. The van der Waals surface area contributed by atoms with Gasteiger partial charge in [-0.2, -0.15) is 26.3 Å². The number of carboxylic acid groups (broad SMARTS) is 1. The molecule has 55 heavy (non-hydrogen) atoms. The van der Waals surface area contributed by atoms with Crippen LogP contribution in [0.2, 0.25) is 0 Å². The number of rotatable bonds is 7. The highest BCUT2D eigenvalue weighted by Gasteiger charge is 2.31. The number of pyridine rings is 2. The van der Waals surface area contributed by atoms with E-state index in [-0.39, 0.29) is 29.0 Å². The fourth-order valence-corrected chi connectivity index (χ4v) is 4.69. The molecule has 4 N–H and O–H groups in total. The van der Waals surface area contributed by atoms with Gasteiger partial charge in [0.05, 0.1) is 22.3 Å². The molecule has 0 aliphatic rings. The monoisotopic (exact) mass is 766 g/mol. The van der Waals surface area contributed by atoms with Crippen molar-refractivity contribution in [1.82, 2.24) is 15.3 Å². The highest BCUT2D eigenvalue weighted by molar-refractivity contribution is 5.98. The Bertz CT molecular complexity index is 2240. The number of amides is 1. The Kier molecular flexibility index (Phi) is 13.4. The second-order valence-corrected chi connectivity index (χ2v) is 12.5. The SMILES string of the molecule is CC(C)N.CC(C)NC(=O)c1cnc2c(Oc3ccc(C(F)(F)F)cc3)cccc2c1.O=C(O)c1cnc2c(Oc3ccc(C(F)(F)F)cc3)cccc2c1. The van der Waals surface area contributed by atoms with Gasteiger partial charge in [0.2, 0.25) is 0 Å². The van der Waals surface area contributed by atoms with Crippen LogP contribution in [-0.2, 0) is 12.4 Å². The average Bonchev–Trinajstić information content (AvgIpc) is 3.11. The first-order valence-electron chi connectivity index (χ1n) is 16.6. The summed E-state index contributed by atoms with van der Waals surface area (Å²) in [5.74, 6) is -0.127. The molecule has 6 aromatic rings. The maximum atomic E-state index is 12.7. The fourth-order valence-electron chi connectivity index (χ4n) is 4.69. The highest BCUT2D eigenvalue weighted by atomic mass is 19.4. The Balaban J connectivity index is 0.000000224. The standard InChI is InChI=1S/C20H17F3N2O2.C17H10F3NO3.C3H9N/c1-12(2)25-19(26)14-10-13-4-3-5-17(18(13)24-11-14)27-16-8-6-15(7-9-16)20(21,22)23;18-17(19,20)12-4-6-13(7-5-12)24-14-3-1-2-10-8-11(16(22)23)9-21-15(10)14;1-3(2)4/h3-12H,1-2H3,(H,25,26);1-9H,(H,22,23);3H,4H2,1-2H3. The summed E-state index contributed by atoms with van der Waals surface area (Å²) in [6, 6.07) is 22.3. The van der Waals surface area contributed by atoms with E-state index in [4.69, 9.17) is 20.3 Å². The van der Waals surface area contributed by atoms with Crippen LogP contribution in [0, 0.1) is 0 Å². The van der Waals surface area contributed by atoms with Crippen LogP contribution < -0.4 is 20.5 Å². The summed E-state index contributed by atoms with van der Waals surface area (Å²) < 4.78 is 86.9. The molecular weight excluding hydrogens is 730 g/mol.